The van der Waals surface area contributed by atoms with Gasteiger partial charge >= 0.3 is 0 Å². The second-order valence-electron chi connectivity index (χ2n) is 2.93. The number of furan rings is 1. The first-order valence-electron chi connectivity index (χ1n) is 4.01. The average molecular weight is 174 g/mol. The molecular formula is C10H10N2O. The largest absolute Gasteiger partial charge is 0.472 e. The van der Waals surface area contributed by atoms with Crippen LogP contribution < -0.4 is 5.73 Å². The number of rotatable bonds is 1. The molecule has 66 valence electrons. The molecule has 0 aliphatic heterocycles. The van der Waals surface area contributed by atoms with Gasteiger partial charge in [0, 0.05) is 17.3 Å². The maximum Gasteiger partial charge on any atom is 0.0984 e. The van der Waals surface area contributed by atoms with Gasteiger partial charge in [0.15, 0.2) is 0 Å². The molecule has 0 aromatic carbocycles. The van der Waals surface area contributed by atoms with Crippen LogP contribution in [-0.2, 0) is 0 Å². The molecule has 0 saturated carbocycles. The van der Waals surface area contributed by atoms with Crippen LogP contribution in [0.15, 0.2) is 35.4 Å². The fourth-order valence-electron chi connectivity index (χ4n) is 1.29. The molecule has 13 heavy (non-hydrogen) atoms. The van der Waals surface area contributed by atoms with Crippen molar-refractivity contribution in [1.82, 2.24) is 4.98 Å². The predicted octanol–water partition coefficient (Wildman–Crippen LogP) is 2.23. The average Bonchev–Trinajstić information content (AvgIpc) is 2.52. The quantitative estimate of drug-likeness (QED) is 0.721. The van der Waals surface area contributed by atoms with Gasteiger partial charge in [0.2, 0.25) is 0 Å². The number of nitrogens with zero attached hydrogens (tertiary/aromatic N) is 1. The summed E-state index contributed by atoms with van der Waals surface area (Å²) in [6.07, 6.45) is 6.76. The summed E-state index contributed by atoms with van der Waals surface area (Å²) in [5, 5.41) is 0. The Morgan fingerprint density at radius 2 is 2.15 bits per heavy atom. The predicted molar refractivity (Wildman–Crippen MR) is 51.1 cm³/mol. The molecule has 0 aliphatic rings. The summed E-state index contributed by atoms with van der Waals surface area (Å²) < 4.78 is 5.08. The molecule has 2 aromatic rings. The summed E-state index contributed by atoms with van der Waals surface area (Å²) in [5.41, 5.74) is 9.53. The summed E-state index contributed by atoms with van der Waals surface area (Å²) in [7, 11) is 0. The molecule has 0 radical (unpaired) electrons. The van der Waals surface area contributed by atoms with Crippen molar-refractivity contribution in [2.75, 3.05) is 5.73 Å². The molecule has 0 unspecified atom stereocenters. The third-order valence-electron chi connectivity index (χ3n) is 2.00. The van der Waals surface area contributed by atoms with E-state index in [4.69, 9.17) is 10.2 Å². The van der Waals surface area contributed by atoms with Gasteiger partial charge < -0.3 is 10.2 Å². The molecule has 0 bridgehead atoms. The van der Waals surface area contributed by atoms with Crippen LogP contribution in [0.3, 0.4) is 0 Å². The fourth-order valence-corrected chi connectivity index (χ4v) is 1.29. The Kier molecular flexibility index (Phi) is 1.77. The van der Waals surface area contributed by atoms with Gasteiger partial charge in [-0.2, -0.15) is 0 Å². The lowest BCUT2D eigenvalue weighted by Gasteiger charge is -2.01. The van der Waals surface area contributed by atoms with E-state index >= 15 is 0 Å². The van der Waals surface area contributed by atoms with Gasteiger partial charge in [0.25, 0.3) is 0 Å². The first-order valence-corrected chi connectivity index (χ1v) is 4.01. The number of anilines is 1. The van der Waals surface area contributed by atoms with Crippen molar-refractivity contribution >= 4 is 5.69 Å². The highest BCUT2D eigenvalue weighted by atomic mass is 16.3. The standard InChI is InChI=1S/C10H10N2O/c1-7-5-13-6-9(7)8-2-3-12-4-10(8)11/h2-6H,11H2,1H3. The minimum atomic E-state index is 0.673. The lowest BCUT2D eigenvalue weighted by atomic mass is 10.1. The summed E-state index contributed by atoms with van der Waals surface area (Å²) in [6, 6.07) is 1.88. The van der Waals surface area contributed by atoms with Crippen molar-refractivity contribution in [3.8, 4) is 11.1 Å². The maximum absolute atomic E-state index is 5.78. The van der Waals surface area contributed by atoms with Crippen LogP contribution in [0.4, 0.5) is 5.69 Å². The molecule has 2 aromatic heterocycles. The molecule has 2 rings (SSSR count). The van der Waals surface area contributed by atoms with Crippen molar-refractivity contribution in [2.45, 2.75) is 6.92 Å². The highest BCUT2D eigenvalue weighted by Crippen LogP contribution is 2.28. The van der Waals surface area contributed by atoms with Crippen LogP contribution in [0.1, 0.15) is 5.56 Å². The van der Waals surface area contributed by atoms with E-state index in [2.05, 4.69) is 4.98 Å². The van der Waals surface area contributed by atoms with Gasteiger partial charge in [-0.05, 0) is 18.6 Å². The third kappa shape index (κ3) is 1.28. The molecule has 3 heteroatoms. The van der Waals surface area contributed by atoms with Crippen LogP contribution in [0, 0.1) is 6.92 Å². The number of nitrogen functional groups attached to an aromatic ring is 1. The van der Waals surface area contributed by atoms with Gasteiger partial charge in [0.1, 0.15) is 0 Å². The summed E-state index contributed by atoms with van der Waals surface area (Å²) in [6.45, 7) is 1.98. The first-order chi connectivity index (χ1) is 6.29. The topological polar surface area (TPSA) is 52.0 Å². The number of aromatic nitrogens is 1. The summed E-state index contributed by atoms with van der Waals surface area (Å²) in [4.78, 5) is 3.93. The van der Waals surface area contributed by atoms with E-state index in [1.807, 2.05) is 13.0 Å². The molecule has 0 fully saturated rings. The normalized spacial score (nSPS) is 10.2. The monoisotopic (exact) mass is 174 g/mol. The fraction of sp³-hybridized carbons (Fsp3) is 0.100. The first kappa shape index (κ1) is 7.86. The zero-order valence-corrected chi connectivity index (χ0v) is 7.32. The van der Waals surface area contributed by atoms with Gasteiger partial charge in [-0.3, -0.25) is 4.98 Å². The Morgan fingerprint density at radius 3 is 2.77 bits per heavy atom. The maximum atomic E-state index is 5.78. The Balaban J connectivity index is 2.59. The second kappa shape index (κ2) is 2.94. The Hall–Kier alpha value is -1.77. The number of hydrogen-bond donors (Lipinski definition) is 1. The Bertz CT molecular complexity index is 420. The van der Waals surface area contributed by atoms with E-state index in [-0.39, 0.29) is 0 Å². The number of aryl methyl sites for hydroxylation is 1. The van der Waals surface area contributed by atoms with Crippen LogP contribution in [0.2, 0.25) is 0 Å². The van der Waals surface area contributed by atoms with Gasteiger partial charge in [-0.1, -0.05) is 0 Å². The molecule has 0 amide bonds. The Labute approximate surface area is 76.2 Å². The van der Waals surface area contributed by atoms with Gasteiger partial charge in [-0.15, -0.1) is 0 Å². The van der Waals surface area contributed by atoms with Crippen molar-refractivity contribution in [3.05, 3.63) is 36.5 Å². The van der Waals surface area contributed by atoms with E-state index < -0.39 is 0 Å². The summed E-state index contributed by atoms with van der Waals surface area (Å²) in [5.74, 6) is 0. The molecular weight excluding hydrogens is 164 g/mol. The van der Waals surface area contributed by atoms with Gasteiger partial charge in [0.05, 0.1) is 24.4 Å². The molecule has 3 nitrogen and oxygen atoms in total. The van der Waals surface area contributed by atoms with E-state index in [9.17, 15) is 0 Å². The van der Waals surface area contributed by atoms with E-state index in [0.29, 0.717) is 5.69 Å². The highest BCUT2D eigenvalue weighted by molar-refractivity contribution is 5.76. The third-order valence-corrected chi connectivity index (χ3v) is 2.00. The highest BCUT2D eigenvalue weighted by Gasteiger charge is 2.06. The zero-order valence-electron chi connectivity index (χ0n) is 7.32. The zero-order chi connectivity index (χ0) is 9.26. The van der Waals surface area contributed by atoms with Crippen molar-refractivity contribution in [3.63, 3.8) is 0 Å². The molecule has 0 aliphatic carbocycles. The van der Waals surface area contributed by atoms with E-state index in [1.54, 1.807) is 24.9 Å². The van der Waals surface area contributed by atoms with Crippen molar-refractivity contribution < 1.29 is 4.42 Å². The minimum Gasteiger partial charge on any atom is -0.472 e. The van der Waals surface area contributed by atoms with Crippen molar-refractivity contribution in [1.29, 1.82) is 0 Å². The number of pyridine rings is 1. The second-order valence-corrected chi connectivity index (χ2v) is 2.93. The smallest absolute Gasteiger partial charge is 0.0984 e. The number of hydrogen-bond acceptors (Lipinski definition) is 3. The van der Waals surface area contributed by atoms with Crippen LogP contribution in [0.5, 0.6) is 0 Å². The molecule has 0 atom stereocenters. The molecule has 2 N–H and O–H groups in total. The molecule has 2 heterocycles. The Morgan fingerprint density at radius 1 is 1.31 bits per heavy atom. The van der Waals surface area contributed by atoms with Crippen molar-refractivity contribution in [2.24, 2.45) is 0 Å². The van der Waals surface area contributed by atoms with Gasteiger partial charge in [-0.25, -0.2) is 0 Å². The minimum absolute atomic E-state index is 0.673. The lowest BCUT2D eigenvalue weighted by molar-refractivity contribution is 0.566. The molecule has 0 spiro atoms. The SMILES string of the molecule is Cc1cocc1-c1ccncc1N. The van der Waals surface area contributed by atoms with E-state index in [0.717, 1.165) is 16.7 Å². The van der Waals surface area contributed by atoms with Crippen LogP contribution in [0.25, 0.3) is 11.1 Å². The van der Waals surface area contributed by atoms with E-state index in [1.165, 1.54) is 0 Å². The number of nitrogens with two attached hydrogens (primary N) is 1. The van der Waals surface area contributed by atoms with Crippen LogP contribution >= 0.6 is 0 Å². The van der Waals surface area contributed by atoms with Crippen LogP contribution in [-0.4, -0.2) is 4.98 Å². The lowest BCUT2D eigenvalue weighted by Crippen LogP contribution is -1.90. The summed E-state index contributed by atoms with van der Waals surface area (Å²) >= 11 is 0. The molecule has 0 saturated heterocycles.